The van der Waals surface area contributed by atoms with Crippen molar-refractivity contribution >= 4 is 9.84 Å². The van der Waals surface area contributed by atoms with Crippen LogP contribution < -0.4 is 0 Å². The van der Waals surface area contributed by atoms with Crippen molar-refractivity contribution in [2.75, 3.05) is 31.1 Å². The first-order valence-corrected chi connectivity index (χ1v) is 9.11. The van der Waals surface area contributed by atoms with Gasteiger partial charge in [0, 0.05) is 31.2 Å². The van der Waals surface area contributed by atoms with Gasteiger partial charge in [0.05, 0.1) is 11.5 Å². The molecule has 0 aromatic rings. The molecule has 3 aliphatic rings. The highest BCUT2D eigenvalue weighted by Gasteiger charge is 2.41. The van der Waals surface area contributed by atoms with E-state index in [0.717, 1.165) is 25.9 Å². The Kier molecular flexibility index (Phi) is 3.41. The van der Waals surface area contributed by atoms with Crippen LogP contribution in [0.3, 0.4) is 0 Å². The van der Waals surface area contributed by atoms with Crippen molar-refractivity contribution in [3.63, 3.8) is 0 Å². The van der Waals surface area contributed by atoms with Gasteiger partial charge >= 0.3 is 0 Å². The first-order chi connectivity index (χ1) is 8.59. The molecule has 0 aromatic heterocycles. The predicted molar refractivity (Wildman–Crippen MR) is 72.4 cm³/mol. The van der Waals surface area contributed by atoms with Gasteiger partial charge in [0.2, 0.25) is 0 Å². The molecule has 0 radical (unpaired) electrons. The van der Waals surface area contributed by atoms with Gasteiger partial charge in [-0.1, -0.05) is 6.92 Å². The molecule has 3 fully saturated rings. The van der Waals surface area contributed by atoms with Crippen LogP contribution in [0.1, 0.15) is 32.6 Å². The second kappa shape index (κ2) is 4.76. The van der Waals surface area contributed by atoms with Crippen LogP contribution in [0.5, 0.6) is 0 Å². The molecule has 0 aliphatic carbocycles. The van der Waals surface area contributed by atoms with Gasteiger partial charge in [-0.3, -0.25) is 9.80 Å². The van der Waals surface area contributed by atoms with Gasteiger partial charge in [-0.25, -0.2) is 8.42 Å². The molecule has 3 saturated heterocycles. The highest BCUT2D eigenvalue weighted by Crippen LogP contribution is 2.30. The lowest BCUT2D eigenvalue weighted by Crippen LogP contribution is -2.59. The lowest BCUT2D eigenvalue weighted by Gasteiger charge is -2.46. The fourth-order valence-corrected chi connectivity index (χ4v) is 5.70. The van der Waals surface area contributed by atoms with Gasteiger partial charge in [0.15, 0.2) is 9.84 Å². The minimum Gasteiger partial charge on any atom is -0.298 e. The molecule has 3 rings (SSSR count). The second-order valence-electron chi connectivity index (χ2n) is 6.11. The third-order valence-corrected chi connectivity index (χ3v) is 6.73. The molecule has 18 heavy (non-hydrogen) atoms. The van der Waals surface area contributed by atoms with E-state index in [1.54, 1.807) is 0 Å². The summed E-state index contributed by atoms with van der Waals surface area (Å²) in [5.41, 5.74) is 0. The van der Waals surface area contributed by atoms with Gasteiger partial charge in [0.1, 0.15) is 0 Å². The number of hydrogen-bond donors (Lipinski definition) is 0. The molecule has 0 amide bonds. The van der Waals surface area contributed by atoms with Crippen LogP contribution >= 0.6 is 0 Å². The van der Waals surface area contributed by atoms with E-state index in [1.165, 1.54) is 19.4 Å². The number of hydrogen-bond acceptors (Lipinski definition) is 4. The number of piperazine rings is 1. The van der Waals surface area contributed by atoms with Gasteiger partial charge < -0.3 is 0 Å². The zero-order chi connectivity index (χ0) is 12.8. The van der Waals surface area contributed by atoms with E-state index >= 15 is 0 Å². The van der Waals surface area contributed by atoms with Crippen molar-refractivity contribution in [3.8, 4) is 0 Å². The SMILES string of the molecule is CCC1CN2CCCC2CN1C1CCS(=O)(=O)C1. The van der Waals surface area contributed by atoms with Crippen molar-refractivity contribution < 1.29 is 8.42 Å². The van der Waals surface area contributed by atoms with Crippen LogP contribution in [0, 0.1) is 0 Å². The van der Waals surface area contributed by atoms with Crippen molar-refractivity contribution in [2.24, 2.45) is 0 Å². The first kappa shape index (κ1) is 12.9. The molecule has 0 saturated carbocycles. The quantitative estimate of drug-likeness (QED) is 0.743. The summed E-state index contributed by atoms with van der Waals surface area (Å²) in [6, 6.07) is 1.55. The standard InChI is InChI=1S/C13H24N2O2S/c1-2-11-8-14-6-3-4-12(14)9-15(11)13-5-7-18(16,17)10-13/h11-13H,2-10H2,1H3. The van der Waals surface area contributed by atoms with Gasteiger partial charge in [-0.05, 0) is 32.2 Å². The highest BCUT2D eigenvalue weighted by molar-refractivity contribution is 7.91. The van der Waals surface area contributed by atoms with E-state index < -0.39 is 9.84 Å². The van der Waals surface area contributed by atoms with E-state index in [-0.39, 0.29) is 0 Å². The van der Waals surface area contributed by atoms with E-state index in [0.29, 0.717) is 29.6 Å². The monoisotopic (exact) mass is 272 g/mol. The van der Waals surface area contributed by atoms with Crippen molar-refractivity contribution in [2.45, 2.75) is 50.7 Å². The van der Waals surface area contributed by atoms with Crippen LogP contribution in [-0.4, -0.2) is 67.5 Å². The summed E-state index contributed by atoms with van der Waals surface area (Å²) in [5.74, 6) is 0.801. The van der Waals surface area contributed by atoms with Gasteiger partial charge in [0.25, 0.3) is 0 Å². The first-order valence-electron chi connectivity index (χ1n) is 7.29. The Hall–Kier alpha value is -0.130. The number of rotatable bonds is 2. The maximum atomic E-state index is 11.7. The fourth-order valence-electron chi connectivity index (χ4n) is 3.96. The average Bonchev–Trinajstić information content (AvgIpc) is 2.92. The summed E-state index contributed by atoms with van der Waals surface area (Å²) in [7, 11) is -2.75. The molecule has 0 N–H and O–H groups in total. The maximum Gasteiger partial charge on any atom is 0.151 e. The minimum absolute atomic E-state index is 0.294. The topological polar surface area (TPSA) is 40.6 Å². The van der Waals surface area contributed by atoms with Crippen molar-refractivity contribution in [1.82, 2.24) is 9.80 Å². The molecular weight excluding hydrogens is 248 g/mol. The summed E-state index contributed by atoms with van der Waals surface area (Å²) < 4.78 is 23.3. The van der Waals surface area contributed by atoms with Crippen LogP contribution in [0.4, 0.5) is 0 Å². The zero-order valence-electron chi connectivity index (χ0n) is 11.2. The molecule has 0 spiro atoms. The molecule has 3 unspecified atom stereocenters. The Balaban J connectivity index is 1.73. The predicted octanol–water partition coefficient (Wildman–Crippen LogP) is 0.732. The van der Waals surface area contributed by atoms with Crippen LogP contribution in [0.15, 0.2) is 0 Å². The fraction of sp³-hybridized carbons (Fsp3) is 1.00. The lowest BCUT2D eigenvalue weighted by atomic mass is 10.0. The Morgan fingerprint density at radius 2 is 2.00 bits per heavy atom. The molecular formula is C13H24N2O2S. The molecule has 3 aliphatic heterocycles. The van der Waals surface area contributed by atoms with Crippen molar-refractivity contribution in [3.05, 3.63) is 0 Å². The van der Waals surface area contributed by atoms with E-state index in [4.69, 9.17) is 0 Å². The third kappa shape index (κ3) is 2.32. The highest BCUT2D eigenvalue weighted by atomic mass is 32.2. The maximum absolute atomic E-state index is 11.7. The Morgan fingerprint density at radius 1 is 1.17 bits per heavy atom. The number of sulfone groups is 1. The zero-order valence-corrected chi connectivity index (χ0v) is 12.0. The normalized spacial score (nSPS) is 41.1. The second-order valence-corrected chi connectivity index (χ2v) is 8.34. The van der Waals surface area contributed by atoms with Crippen LogP contribution in [0.2, 0.25) is 0 Å². The average molecular weight is 272 g/mol. The summed E-state index contributed by atoms with van der Waals surface area (Å²) in [6.45, 7) is 5.73. The summed E-state index contributed by atoms with van der Waals surface area (Å²) >= 11 is 0. The van der Waals surface area contributed by atoms with Crippen LogP contribution in [0.25, 0.3) is 0 Å². The summed E-state index contributed by atoms with van der Waals surface area (Å²) in [5, 5.41) is 0. The molecule has 4 nitrogen and oxygen atoms in total. The molecule has 0 bridgehead atoms. The smallest absolute Gasteiger partial charge is 0.151 e. The van der Waals surface area contributed by atoms with E-state index in [1.807, 2.05) is 0 Å². The Bertz CT molecular complexity index is 409. The van der Waals surface area contributed by atoms with Crippen molar-refractivity contribution in [1.29, 1.82) is 0 Å². The Morgan fingerprint density at radius 3 is 2.67 bits per heavy atom. The lowest BCUT2D eigenvalue weighted by molar-refractivity contribution is 0.0253. The largest absolute Gasteiger partial charge is 0.298 e. The molecule has 3 atom stereocenters. The molecule has 3 heterocycles. The molecule has 104 valence electrons. The third-order valence-electron chi connectivity index (χ3n) is 4.98. The number of nitrogens with zero attached hydrogens (tertiary/aromatic N) is 2. The van der Waals surface area contributed by atoms with E-state index in [2.05, 4.69) is 16.7 Å². The molecule has 0 aromatic carbocycles. The molecule has 5 heteroatoms. The summed E-state index contributed by atoms with van der Waals surface area (Å²) in [4.78, 5) is 5.14. The van der Waals surface area contributed by atoms with E-state index in [9.17, 15) is 8.42 Å². The number of fused-ring (bicyclic) bond motifs is 1. The van der Waals surface area contributed by atoms with Crippen LogP contribution in [-0.2, 0) is 9.84 Å². The Labute approximate surface area is 110 Å². The van der Waals surface area contributed by atoms with Gasteiger partial charge in [-0.15, -0.1) is 0 Å². The summed E-state index contributed by atoms with van der Waals surface area (Å²) in [6.07, 6.45) is 4.61. The minimum atomic E-state index is -2.75. The van der Waals surface area contributed by atoms with Gasteiger partial charge in [-0.2, -0.15) is 0 Å².